The first kappa shape index (κ1) is 9.28. The van der Waals surface area contributed by atoms with E-state index in [0.717, 1.165) is 18.5 Å². The number of para-hydroxylation sites is 1. The Bertz CT molecular complexity index is 415. The lowest BCUT2D eigenvalue weighted by atomic mass is 10.1. The lowest BCUT2D eigenvalue weighted by molar-refractivity contribution is 0.414. The Morgan fingerprint density at radius 1 is 1.21 bits per heavy atom. The summed E-state index contributed by atoms with van der Waals surface area (Å²) in [5.41, 5.74) is 2.47. The highest BCUT2D eigenvalue weighted by Crippen LogP contribution is 2.17. The van der Waals surface area contributed by atoms with Crippen molar-refractivity contribution < 1.29 is 0 Å². The van der Waals surface area contributed by atoms with Gasteiger partial charge >= 0.3 is 0 Å². The number of nitrogens with zero attached hydrogens (tertiary/aromatic N) is 2. The van der Waals surface area contributed by atoms with Crippen molar-refractivity contribution in [3.05, 3.63) is 36.0 Å². The molecule has 0 radical (unpaired) electrons. The molecule has 2 rings (SSSR count). The van der Waals surface area contributed by atoms with Crippen molar-refractivity contribution in [1.82, 2.24) is 9.88 Å². The number of aromatic nitrogens is 1. The van der Waals surface area contributed by atoms with Crippen LogP contribution in [0.4, 0.5) is 0 Å². The Labute approximate surface area is 84.5 Å². The van der Waals surface area contributed by atoms with Gasteiger partial charge in [-0.15, -0.1) is 5.52 Å². The summed E-state index contributed by atoms with van der Waals surface area (Å²) >= 11 is 0. The van der Waals surface area contributed by atoms with Gasteiger partial charge in [-0.05, 0) is 25.9 Å². The third-order valence-electron chi connectivity index (χ3n) is 2.44. The molecule has 0 atom stereocenters. The van der Waals surface area contributed by atoms with Crippen molar-refractivity contribution in [2.75, 3.05) is 20.6 Å². The molecular formula is C12H15N2-. The Balaban J connectivity index is 2.25. The highest BCUT2D eigenvalue weighted by molar-refractivity contribution is 5.82. The van der Waals surface area contributed by atoms with Gasteiger partial charge in [-0.3, -0.25) is 0 Å². The summed E-state index contributed by atoms with van der Waals surface area (Å²) in [5.74, 6) is 0. The Kier molecular flexibility index (Phi) is 2.55. The van der Waals surface area contributed by atoms with Crippen LogP contribution in [0.25, 0.3) is 10.9 Å². The molecule has 0 unspecified atom stereocenters. The highest BCUT2D eigenvalue weighted by Gasteiger charge is 1.96. The zero-order valence-electron chi connectivity index (χ0n) is 8.70. The molecule has 0 bridgehead atoms. The topological polar surface area (TPSA) is 17.3 Å². The van der Waals surface area contributed by atoms with E-state index in [-0.39, 0.29) is 0 Å². The Hall–Kier alpha value is -1.28. The maximum atomic E-state index is 4.38. The van der Waals surface area contributed by atoms with Gasteiger partial charge in [-0.2, -0.15) is 6.20 Å². The molecule has 1 aromatic carbocycles. The van der Waals surface area contributed by atoms with E-state index in [2.05, 4.69) is 42.2 Å². The van der Waals surface area contributed by atoms with Crippen molar-refractivity contribution in [1.29, 1.82) is 0 Å². The zero-order chi connectivity index (χ0) is 9.97. The number of likely N-dealkylation sites (N-methyl/N-ethyl adjacent to an activating group) is 1. The average Bonchev–Trinajstić information content (AvgIpc) is 2.58. The fourth-order valence-corrected chi connectivity index (χ4v) is 1.62. The van der Waals surface area contributed by atoms with Gasteiger partial charge < -0.3 is 9.88 Å². The van der Waals surface area contributed by atoms with Crippen LogP contribution in [0.2, 0.25) is 0 Å². The standard InChI is InChI=1S/C12H15N2/c1-14(2)8-7-10-9-13-12-6-4-3-5-11(10)12/h3-6,9H,7-8H2,1-2H3/q-1. The maximum absolute atomic E-state index is 4.38. The summed E-state index contributed by atoms with van der Waals surface area (Å²) in [6.45, 7) is 1.08. The average molecular weight is 187 g/mol. The van der Waals surface area contributed by atoms with Crippen LogP contribution in [0.3, 0.4) is 0 Å². The summed E-state index contributed by atoms with van der Waals surface area (Å²) in [7, 11) is 4.19. The first-order chi connectivity index (χ1) is 6.77. The van der Waals surface area contributed by atoms with E-state index in [0.29, 0.717) is 0 Å². The zero-order valence-corrected chi connectivity index (χ0v) is 8.70. The summed E-state index contributed by atoms with van der Waals surface area (Å²) in [5, 5.41) is 1.30. The number of hydrogen-bond donors (Lipinski definition) is 0. The lowest BCUT2D eigenvalue weighted by Gasteiger charge is -2.09. The fourth-order valence-electron chi connectivity index (χ4n) is 1.62. The summed E-state index contributed by atoms with van der Waals surface area (Å²) < 4.78 is 0. The van der Waals surface area contributed by atoms with E-state index in [1.54, 1.807) is 0 Å². The molecular weight excluding hydrogens is 172 g/mol. The molecule has 14 heavy (non-hydrogen) atoms. The van der Waals surface area contributed by atoms with E-state index < -0.39 is 0 Å². The molecule has 0 N–H and O–H groups in total. The molecule has 74 valence electrons. The van der Waals surface area contributed by atoms with Crippen molar-refractivity contribution >= 4 is 10.9 Å². The first-order valence-electron chi connectivity index (χ1n) is 4.91. The van der Waals surface area contributed by atoms with Gasteiger partial charge in [0.15, 0.2) is 0 Å². The van der Waals surface area contributed by atoms with Gasteiger partial charge in [0.05, 0.1) is 0 Å². The summed E-state index contributed by atoms with van der Waals surface area (Å²) in [4.78, 5) is 6.57. The molecule has 0 aliphatic heterocycles. The predicted molar refractivity (Wildman–Crippen MR) is 59.5 cm³/mol. The smallest absolute Gasteiger partial charge is 0.00153 e. The van der Waals surface area contributed by atoms with Gasteiger partial charge in [0.1, 0.15) is 0 Å². The minimum atomic E-state index is 1.08. The van der Waals surface area contributed by atoms with Crippen LogP contribution in [0, 0.1) is 0 Å². The third-order valence-corrected chi connectivity index (χ3v) is 2.44. The molecule has 0 spiro atoms. The minimum Gasteiger partial charge on any atom is -0.663 e. The van der Waals surface area contributed by atoms with Gasteiger partial charge in [0.2, 0.25) is 0 Å². The molecule has 0 amide bonds. The van der Waals surface area contributed by atoms with Crippen LogP contribution < -0.4 is 4.98 Å². The van der Waals surface area contributed by atoms with Crippen molar-refractivity contribution in [3.63, 3.8) is 0 Å². The number of benzene rings is 1. The van der Waals surface area contributed by atoms with Crippen LogP contribution in [0.1, 0.15) is 5.56 Å². The Morgan fingerprint density at radius 2 is 2.00 bits per heavy atom. The van der Waals surface area contributed by atoms with Crippen LogP contribution >= 0.6 is 0 Å². The van der Waals surface area contributed by atoms with Gasteiger partial charge in [0.25, 0.3) is 0 Å². The molecule has 2 nitrogen and oxygen atoms in total. The van der Waals surface area contributed by atoms with Crippen LogP contribution in [-0.4, -0.2) is 25.5 Å². The van der Waals surface area contributed by atoms with E-state index >= 15 is 0 Å². The predicted octanol–water partition coefficient (Wildman–Crippen LogP) is 1.90. The molecule has 1 heterocycles. The van der Waals surface area contributed by atoms with Gasteiger partial charge in [0, 0.05) is 6.54 Å². The number of fused-ring (bicyclic) bond motifs is 1. The summed E-state index contributed by atoms with van der Waals surface area (Å²) in [6, 6.07) is 8.32. The largest absolute Gasteiger partial charge is 0.663 e. The second kappa shape index (κ2) is 3.84. The number of hydrogen-bond acceptors (Lipinski definition) is 1. The van der Waals surface area contributed by atoms with E-state index in [1.807, 2.05) is 12.3 Å². The van der Waals surface area contributed by atoms with Crippen LogP contribution in [0.15, 0.2) is 30.5 Å². The van der Waals surface area contributed by atoms with Crippen LogP contribution in [0.5, 0.6) is 0 Å². The minimum absolute atomic E-state index is 1.08. The first-order valence-corrected chi connectivity index (χ1v) is 4.91. The molecule has 0 aliphatic carbocycles. The van der Waals surface area contributed by atoms with Gasteiger partial charge in [-0.1, -0.05) is 29.8 Å². The molecule has 2 heteroatoms. The van der Waals surface area contributed by atoms with Crippen molar-refractivity contribution in [2.45, 2.75) is 6.42 Å². The van der Waals surface area contributed by atoms with Crippen molar-refractivity contribution in [3.8, 4) is 0 Å². The monoisotopic (exact) mass is 187 g/mol. The number of rotatable bonds is 3. The second-order valence-corrected chi connectivity index (χ2v) is 3.85. The fraction of sp³-hybridized carbons (Fsp3) is 0.333. The normalized spacial score (nSPS) is 11.4. The summed E-state index contributed by atoms with van der Waals surface area (Å²) in [6.07, 6.45) is 3.07. The molecule has 0 fully saturated rings. The molecule has 0 saturated carbocycles. The van der Waals surface area contributed by atoms with Crippen molar-refractivity contribution in [2.24, 2.45) is 0 Å². The van der Waals surface area contributed by atoms with Gasteiger partial charge in [-0.25, -0.2) is 0 Å². The molecule has 2 aromatic rings. The lowest BCUT2D eigenvalue weighted by Crippen LogP contribution is -2.14. The second-order valence-electron chi connectivity index (χ2n) is 3.85. The molecule has 0 saturated heterocycles. The Morgan fingerprint density at radius 3 is 2.79 bits per heavy atom. The maximum Gasteiger partial charge on any atom is 0.00153 e. The van der Waals surface area contributed by atoms with Crippen LogP contribution in [-0.2, 0) is 6.42 Å². The SMILES string of the molecule is CN(C)CCc1c[n-]c2ccccc12. The van der Waals surface area contributed by atoms with E-state index in [1.165, 1.54) is 10.9 Å². The molecule has 0 aliphatic rings. The third kappa shape index (κ3) is 1.80. The van der Waals surface area contributed by atoms with E-state index in [4.69, 9.17) is 0 Å². The molecule has 1 aromatic heterocycles. The quantitative estimate of drug-likeness (QED) is 0.730. The highest BCUT2D eigenvalue weighted by atomic mass is 15.0. The van der Waals surface area contributed by atoms with E-state index in [9.17, 15) is 0 Å².